The molecule has 0 radical (unpaired) electrons. The van der Waals surface area contributed by atoms with E-state index in [1.165, 1.54) is 12.8 Å². The third-order valence-corrected chi connectivity index (χ3v) is 7.09. The van der Waals surface area contributed by atoms with E-state index >= 15 is 0 Å². The summed E-state index contributed by atoms with van der Waals surface area (Å²) in [5, 5.41) is 22.6. The largest absolute Gasteiger partial charge is 0.492 e. The zero-order valence-electron chi connectivity index (χ0n) is 17.0. The van der Waals surface area contributed by atoms with Crippen LogP contribution in [0, 0.1) is 22.2 Å². The first-order valence-corrected chi connectivity index (χ1v) is 10.9. The van der Waals surface area contributed by atoms with Crippen molar-refractivity contribution in [1.29, 1.82) is 5.26 Å². The minimum Gasteiger partial charge on any atom is -0.492 e. The monoisotopic (exact) mass is 397 g/mol. The Morgan fingerprint density at radius 2 is 1.97 bits per heavy atom. The predicted molar refractivity (Wildman–Crippen MR) is 110 cm³/mol. The third-order valence-electron chi connectivity index (χ3n) is 7.09. The van der Waals surface area contributed by atoms with Crippen LogP contribution in [0.5, 0.6) is 5.75 Å². The van der Waals surface area contributed by atoms with E-state index in [0.717, 1.165) is 51.7 Å². The Morgan fingerprint density at radius 3 is 2.55 bits per heavy atom. The molecule has 6 nitrogen and oxygen atoms in total. The number of aliphatic carboxylic acids is 1. The number of ether oxygens (including phenoxy) is 1. The van der Waals surface area contributed by atoms with Gasteiger partial charge in [0, 0.05) is 24.5 Å². The number of benzene rings is 1. The summed E-state index contributed by atoms with van der Waals surface area (Å²) in [6.07, 6.45) is 7.11. The second-order valence-corrected chi connectivity index (χ2v) is 9.27. The predicted octanol–water partition coefficient (Wildman–Crippen LogP) is 3.03. The molecule has 0 bridgehead atoms. The molecule has 3 aliphatic rings. The Kier molecular flexibility index (Phi) is 5.80. The Labute approximate surface area is 172 Å². The smallest absolute Gasteiger partial charge is 0.310 e. The minimum absolute atomic E-state index is 0.0255. The van der Waals surface area contributed by atoms with Crippen molar-refractivity contribution >= 4 is 5.97 Å². The number of hydrogen-bond acceptors (Lipinski definition) is 5. The van der Waals surface area contributed by atoms with E-state index in [4.69, 9.17) is 4.74 Å². The first kappa shape index (κ1) is 20.2. The normalized spacial score (nSPS) is 23.0. The minimum atomic E-state index is -0.632. The molecule has 0 atom stereocenters. The first-order valence-electron chi connectivity index (χ1n) is 10.9. The average molecular weight is 398 g/mol. The van der Waals surface area contributed by atoms with Gasteiger partial charge in [0.15, 0.2) is 0 Å². The van der Waals surface area contributed by atoms with E-state index < -0.39 is 11.4 Å². The van der Waals surface area contributed by atoms with Crippen LogP contribution < -0.4 is 10.1 Å². The molecule has 0 aromatic heterocycles. The van der Waals surface area contributed by atoms with Crippen LogP contribution in [-0.2, 0) is 4.79 Å². The number of carbonyl (C=O) groups is 1. The zero-order chi connectivity index (χ0) is 20.3. The number of piperidine rings is 1. The number of hydrogen-bond donors (Lipinski definition) is 2. The Bertz CT molecular complexity index is 772. The molecule has 4 rings (SSSR count). The summed E-state index contributed by atoms with van der Waals surface area (Å²) in [7, 11) is 0. The number of para-hydroxylation sites is 1. The van der Waals surface area contributed by atoms with Gasteiger partial charge in [0.2, 0.25) is 0 Å². The fourth-order valence-electron chi connectivity index (χ4n) is 4.59. The van der Waals surface area contributed by atoms with Gasteiger partial charge in [0.1, 0.15) is 11.8 Å². The van der Waals surface area contributed by atoms with Gasteiger partial charge in [-0.05, 0) is 63.7 Å². The van der Waals surface area contributed by atoms with Crippen LogP contribution >= 0.6 is 0 Å². The van der Waals surface area contributed by atoms with Crippen molar-refractivity contribution in [1.82, 2.24) is 10.2 Å². The SMILES string of the molecule is N#Cc1ccccc1OCC1(CNC2CC2)CCN(CC2(C(=O)O)CCC2)CC1. The zero-order valence-corrected chi connectivity index (χ0v) is 17.0. The molecule has 3 fully saturated rings. The molecule has 2 saturated carbocycles. The highest BCUT2D eigenvalue weighted by atomic mass is 16.5. The lowest BCUT2D eigenvalue weighted by Gasteiger charge is -2.46. The standard InChI is InChI=1S/C23H31N3O3/c24-14-18-4-1-2-5-20(18)29-17-22(15-25-19-6-7-19)10-12-26(13-11-22)16-23(21(27)28)8-3-9-23/h1-2,4-5,19,25H,3,6-13,15-17H2,(H,27,28). The molecule has 2 N–H and O–H groups in total. The molecule has 1 heterocycles. The number of nitrogens with zero attached hydrogens (tertiary/aromatic N) is 2. The number of carboxylic acids is 1. The summed E-state index contributed by atoms with van der Waals surface area (Å²) in [5.41, 5.74) is 0.0789. The Balaban J connectivity index is 1.38. The van der Waals surface area contributed by atoms with Crippen molar-refractivity contribution in [2.24, 2.45) is 10.8 Å². The average Bonchev–Trinajstić information content (AvgIpc) is 3.53. The first-order chi connectivity index (χ1) is 14.0. The number of carboxylic acid groups (broad SMARTS) is 1. The molecule has 2 aliphatic carbocycles. The van der Waals surface area contributed by atoms with Gasteiger partial charge in [-0.15, -0.1) is 0 Å². The van der Waals surface area contributed by atoms with Crippen molar-refractivity contribution in [2.45, 2.75) is 51.0 Å². The Hall–Kier alpha value is -2.10. The molecule has 6 heteroatoms. The maximum absolute atomic E-state index is 11.7. The summed E-state index contributed by atoms with van der Waals surface area (Å²) in [5.74, 6) is 0.0231. The molecule has 0 amide bonds. The van der Waals surface area contributed by atoms with Crippen LogP contribution in [0.25, 0.3) is 0 Å². The van der Waals surface area contributed by atoms with Gasteiger partial charge in [-0.1, -0.05) is 18.6 Å². The van der Waals surface area contributed by atoms with Gasteiger partial charge in [0.25, 0.3) is 0 Å². The molecule has 1 aromatic rings. The van der Waals surface area contributed by atoms with Crippen LogP contribution in [-0.4, -0.2) is 54.8 Å². The lowest BCUT2D eigenvalue weighted by Crippen LogP contribution is -2.53. The van der Waals surface area contributed by atoms with E-state index in [0.29, 0.717) is 30.5 Å². The van der Waals surface area contributed by atoms with Crippen LogP contribution in [0.4, 0.5) is 0 Å². The lowest BCUT2D eigenvalue weighted by molar-refractivity contribution is -0.156. The highest BCUT2D eigenvalue weighted by Gasteiger charge is 2.47. The third kappa shape index (κ3) is 4.57. The summed E-state index contributed by atoms with van der Waals surface area (Å²) >= 11 is 0. The summed E-state index contributed by atoms with van der Waals surface area (Å²) in [6, 6.07) is 10.3. The summed E-state index contributed by atoms with van der Waals surface area (Å²) in [6.45, 7) is 4.00. The highest BCUT2D eigenvalue weighted by Crippen LogP contribution is 2.43. The van der Waals surface area contributed by atoms with Crippen LogP contribution in [0.1, 0.15) is 50.5 Å². The van der Waals surface area contributed by atoms with Gasteiger partial charge in [-0.3, -0.25) is 4.79 Å². The number of rotatable bonds is 9. The maximum Gasteiger partial charge on any atom is 0.310 e. The maximum atomic E-state index is 11.7. The van der Waals surface area contributed by atoms with Gasteiger partial charge in [0.05, 0.1) is 17.6 Å². The van der Waals surface area contributed by atoms with Gasteiger partial charge >= 0.3 is 5.97 Å². The topological polar surface area (TPSA) is 85.6 Å². The molecular formula is C23H31N3O3. The van der Waals surface area contributed by atoms with Crippen LogP contribution in [0.2, 0.25) is 0 Å². The van der Waals surface area contributed by atoms with E-state index in [9.17, 15) is 15.2 Å². The second-order valence-electron chi connectivity index (χ2n) is 9.27. The lowest BCUT2D eigenvalue weighted by atomic mass is 9.68. The van der Waals surface area contributed by atoms with Gasteiger partial charge in [-0.25, -0.2) is 0 Å². The van der Waals surface area contributed by atoms with Crippen molar-refractivity contribution in [3.05, 3.63) is 29.8 Å². The summed E-state index contributed by atoms with van der Waals surface area (Å²) in [4.78, 5) is 14.1. The molecule has 29 heavy (non-hydrogen) atoms. The van der Waals surface area contributed by atoms with E-state index in [-0.39, 0.29) is 5.41 Å². The number of nitriles is 1. The molecule has 1 saturated heterocycles. The van der Waals surface area contributed by atoms with Crippen molar-refractivity contribution in [2.75, 3.05) is 32.8 Å². The van der Waals surface area contributed by atoms with Crippen molar-refractivity contribution < 1.29 is 14.6 Å². The van der Waals surface area contributed by atoms with Crippen LogP contribution in [0.3, 0.4) is 0 Å². The molecule has 1 aromatic carbocycles. The van der Waals surface area contributed by atoms with E-state index in [1.807, 2.05) is 18.2 Å². The fraction of sp³-hybridized carbons (Fsp3) is 0.652. The van der Waals surface area contributed by atoms with Gasteiger partial charge < -0.3 is 20.1 Å². The quantitative estimate of drug-likeness (QED) is 0.666. The highest BCUT2D eigenvalue weighted by molar-refractivity contribution is 5.76. The van der Waals surface area contributed by atoms with Crippen molar-refractivity contribution in [3.8, 4) is 11.8 Å². The number of likely N-dealkylation sites (tertiary alicyclic amines) is 1. The molecular weight excluding hydrogens is 366 g/mol. The van der Waals surface area contributed by atoms with Crippen molar-refractivity contribution in [3.63, 3.8) is 0 Å². The molecule has 0 spiro atoms. The Morgan fingerprint density at radius 1 is 1.24 bits per heavy atom. The second kappa shape index (κ2) is 8.33. The molecule has 1 aliphatic heterocycles. The van der Waals surface area contributed by atoms with Crippen LogP contribution in [0.15, 0.2) is 24.3 Å². The van der Waals surface area contributed by atoms with E-state index in [2.05, 4.69) is 16.3 Å². The molecule has 156 valence electrons. The van der Waals surface area contributed by atoms with E-state index in [1.54, 1.807) is 6.07 Å². The fourth-order valence-corrected chi connectivity index (χ4v) is 4.59. The number of nitrogens with one attached hydrogen (secondary N) is 1. The summed E-state index contributed by atoms with van der Waals surface area (Å²) < 4.78 is 6.16. The molecule has 0 unspecified atom stereocenters. The van der Waals surface area contributed by atoms with Gasteiger partial charge in [-0.2, -0.15) is 5.26 Å².